The molecule has 0 spiro atoms. The molecule has 1 amide bonds. The molecule has 1 unspecified atom stereocenters. The molecule has 1 heterocycles. The third-order valence-electron chi connectivity index (χ3n) is 3.73. The molecule has 3 N–H and O–H groups in total. The second-order valence-corrected chi connectivity index (χ2v) is 5.36. The molecular weight excluding hydrogens is 285 g/mol. The maximum atomic E-state index is 12.9. The molecule has 0 radical (unpaired) electrons. The summed E-state index contributed by atoms with van der Waals surface area (Å²) < 4.78 is 38.8. The molecule has 1 aromatic rings. The first-order valence-corrected chi connectivity index (χ1v) is 6.62. The van der Waals surface area contributed by atoms with E-state index in [9.17, 15) is 23.1 Å². The van der Waals surface area contributed by atoms with Crippen LogP contribution in [0.1, 0.15) is 24.0 Å². The third kappa shape index (κ3) is 3.54. The summed E-state index contributed by atoms with van der Waals surface area (Å²) in [5.41, 5.74) is 2.93. The van der Waals surface area contributed by atoms with Crippen molar-refractivity contribution in [2.45, 2.75) is 31.2 Å². The van der Waals surface area contributed by atoms with E-state index >= 15 is 0 Å². The standard InChI is InChI=1S/C14H17F3N2O2/c15-14(16,17)11-5-2-1-4-10(11)8-19-7-3-6-13(21,9-19)12(18)20/h1-2,4-5,21H,3,6-9H2,(H2,18,20). The minimum Gasteiger partial charge on any atom is -0.379 e. The van der Waals surface area contributed by atoms with Crippen LogP contribution < -0.4 is 5.73 Å². The van der Waals surface area contributed by atoms with Crippen LogP contribution in [0.5, 0.6) is 0 Å². The fraction of sp³-hybridized carbons (Fsp3) is 0.500. The number of likely N-dealkylation sites (tertiary alicyclic amines) is 1. The molecule has 1 fully saturated rings. The summed E-state index contributed by atoms with van der Waals surface area (Å²) in [5, 5.41) is 10.1. The molecule has 21 heavy (non-hydrogen) atoms. The maximum absolute atomic E-state index is 12.9. The van der Waals surface area contributed by atoms with Gasteiger partial charge in [0.05, 0.1) is 5.56 Å². The Morgan fingerprint density at radius 2 is 2.05 bits per heavy atom. The van der Waals surface area contributed by atoms with Crippen LogP contribution in [0.3, 0.4) is 0 Å². The smallest absolute Gasteiger partial charge is 0.379 e. The molecule has 1 saturated heterocycles. The van der Waals surface area contributed by atoms with Gasteiger partial charge in [-0.3, -0.25) is 9.69 Å². The Bertz CT molecular complexity index is 533. The van der Waals surface area contributed by atoms with Gasteiger partial charge in [-0.2, -0.15) is 13.2 Å². The van der Waals surface area contributed by atoms with Gasteiger partial charge in [-0.25, -0.2) is 0 Å². The number of nitrogens with zero attached hydrogens (tertiary/aromatic N) is 1. The molecular formula is C14H17F3N2O2. The summed E-state index contributed by atoms with van der Waals surface area (Å²) >= 11 is 0. The molecule has 116 valence electrons. The van der Waals surface area contributed by atoms with E-state index in [1.54, 1.807) is 4.90 Å². The fourth-order valence-electron chi connectivity index (χ4n) is 2.63. The van der Waals surface area contributed by atoms with Crippen molar-refractivity contribution in [3.8, 4) is 0 Å². The molecule has 7 heteroatoms. The number of primary amides is 1. The summed E-state index contributed by atoms with van der Waals surface area (Å²) in [6.45, 7) is 0.488. The number of β-amino-alcohol motifs (C(OH)–C–C–N with tert-alkyl or cyclic N) is 1. The van der Waals surface area contributed by atoms with Crippen LogP contribution in [0.15, 0.2) is 24.3 Å². The zero-order valence-electron chi connectivity index (χ0n) is 11.4. The molecule has 0 bridgehead atoms. The Morgan fingerprint density at radius 3 is 2.67 bits per heavy atom. The largest absolute Gasteiger partial charge is 0.416 e. The number of halogens is 3. The lowest BCUT2D eigenvalue weighted by molar-refractivity contribution is -0.143. The van der Waals surface area contributed by atoms with Crippen LogP contribution in [0.4, 0.5) is 13.2 Å². The van der Waals surface area contributed by atoms with Gasteiger partial charge in [0.25, 0.3) is 5.91 Å². The van der Waals surface area contributed by atoms with Gasteiger partial charge in [-0.1, -0.05) is 18.2 Å². The molecule has 1 atom stereocenters. The monoisotopic (exact) mass is 302 g/mol. The van der Waals surface area contributed by atoms with Gasteiger partial charge < -0.3 is 10.8 Å². The normalized spacial score (nSPS) is 24.0. The number of amides is 1. The van der Waals surface area contributed by atoms with Crippen molar-refractivity contribution < 1.29 is 23.1 Å². The van der Waals surface area contributed by atoms with Gasteiger partial charge >= 0.3 is 6.18 Å². The van der Waals surface area contributed by atoms with Crippen LogP contribution in [0.25, 0.3) is 0 Å². The van der Waals surface area contributed by atoms with Crippen LogP contribution in [0.2, 0.25) is 0 Å². The first-order chi connectivity index (χ1) is 9.72. The summed E-state index contributed by atoms with van der Waals surface area (Å²) in [5.74, 6) is -0.837. The van der Waals surface area contributed by atoms with Gasteiger partial charge in [0.2, 0.25) is 0 Å². The van der Waals surface area contributed by atoms with Crippen molar-refractivity contribution in [3.05, 3.63) is 35.4 Å². The van der Waals surface area contributed by atoms with Gasteiger partial charge in [-0.15, -0.1) is 0 Å². The third-order valence-corrected chi connectivity index (χ3v) is 3.73. The zero-order chi connectivity index (χ0) is 15.7. The van der Waals surface area contributed by atoms with Crippen LogP contribution in [-0.4, -0.2) is 34.6 Å². The van der Waals surface area contributed by atoms with E-state index in [2.05, 4.69) is 0 Å². The molecule has 2 rings (SSSR count). The highest BCUT2D eigenvalue weighted by molar-refractivity contribution is 5.83. The second-order valence-electron chi connectivity index (χ2n) is 5.36. The van der Waals surface area contributed by atoms with Crippen molar-refractivity contribution in [2.24, 2.45) is 5.73 Å². The number of hydrogen-bond acceptors (Lipinski definition) is 3. The van der Waals surface area contributed by atoms with Crippen molar-refractivity contribution in [2.75, 3.05) is 13.1 Å². The predicted molar refractivity (Wildman–Crippen MR) is 70.1 cm³/mol. The average molecular weight is 302 g/mol. The van der Waals surface area contributed by atoms with E-state index in [1.165, 1.54) is 18.2 Å². The van der Waals surface area contributed by atoms with Crippen molar-refractivity contribution in [1.82, 2.24) is 4.90 Å². The lowest BCUT2D eigenvalue weighted by Crippen LogP contribution is -2.55. The van der Waals surface area contributed by atoms with Gasteiger partial charge in [-0.05, 0) is 31.0 Å². The second kappa shape index (κ2) is 5.65. The zero-order valence-corrected chi connectivity index (χ0v) is 11.4. The molecule has 0 aromatic heterocycles. The van der Waals surface area contributed by atoms with E-state index in [1.807, 2.05) is 0 Å². The quantitative estimate of drug-likeness (QED) is 0.889. The number of carbonyl (C=O) groups is 1. The van der Waals surface area contributed by atoms with Gasteiger partial charge in [0.1, 0.15) is 0 Å². The Balaban J connectivity index is 2.18. The minimum atomic E-state index is -4.42. The fourth-order valence-corrected chi connectivity index (χ4v) is 2.63. The van der Waals surface area contributed by atoms with E-state index < -0.39 is 23.2 Å². The maximum Gasteiger partial charge on any atom is 0.416 e. The van der Waals surface area contributed by atoms with E-state index in [-0.39, 0.29) is 25.1 Å². The molecule has 0 aliphatic carbocycles. The number of hydrogen-bond donors (Lipinski definition) is 2. The Kier molecular flexibility index (Phi) is 4.25. The summed E-state index contributed by atoms with van der Waals surface area (Å²) in [7, 11) is 0. The highest BCUT2D eigenvalue weighted by Crippen LogP contribution is 2.33. The lowest BCUT2D eigenvalue weighted by Gasteiger charge is -2.37. The van der Waals surface area contributed by atoms with Crippen molar-refractivity contribution >= 4 is 5.91 Å². The first-order valence-electron chi connectivity index (χ1n) is 6.62. The molecule has 1 aliphatic heterocycles. The molecule has 0 saturated carbocycles. The van der Waals surface area contributed by atoms with E-state index in [0.29, 0.717) is 13.0 Å². The molecule has 1 aliphatic rings. The number of piperidine rings is 1. The van der Waals surface area contributed by atoms with Gasteiger partial charge in [0, 0.05) is 13.1 Å². The topological polar surface area (TPSA) is 66.6 Å². The van der Waals surface area contributed by atoms with Crippen LogP contribution in [0, 0.1) is 0 Å². The number of rotatable bonds is 3. The Labute approximate surface area is 120 Å². The average Bonchev–Trinajstić information content (AvgIpc) is 2.38. The molecule has 1 aromatic carbocycles. The Hall–Kier alpha value is -1.60. The number of carbonyl (C=O) groups excluding carboxylic acids is 1. The van der Waals surface area contributed by atoms with Crippen LogP contribution in [-0.2, 0) is 17.5 Å². The Morgan fingerprint density at radius 1 is 1.38 bits per heavy atom. The summed E-state index contributed by atoms with van der Waals surface area (Å²) in [6, 6.07) is 5.30. The summed E-state index contributed by atoms with van der Waals surface area (Å²) in [6.07, 6.45) is -3.68. The highest BCUT2D eigenvalue weighted by atomic mass is 19.4. The lowest BCUT2D eigenvalue weighted by atomic mass is 9.91. The molecule has 4 nitrogen and oxygen atoms in total. The highest BCUT2D eigenvalue weighted by Gasteiger charge is 2.39. The van der Waals surface area contributed by atoms with Crippen LogP contribution >= 0.6 is 0 Å². The SMILES string of the molecule is NC(=O)C1(O)CCCN(Cc2ccccc2C(F)(F)F)C1. The van der Waals surface area contributed by atoms with E-state index in [0.717, 1.165) is 6.07 Å². The number of alkyl halides is 3. The number of benzene rings is 1. The minimum absolute atomic E-state index is 0.0191. The predicted octanol–water partition coefficient (Wildman–Crippen LogP) is 1.52. The van der Waals surface area contributed by atoms with E-state index in [4.69, 9.17) is 5.73 Å². The van der Waals surface area contributed by atoms with Crippen molar-refractivity contribution in [1.29, 1.82) is 0 Å². The van der Waals surface area contributed by atoms with Gasteiger partial charge in [0.15, 0.2) is 5.60 Å². The first kappa shape index (κ1) is 15.8. The number of aliphatic hydroxyl groups is 1. The summed E-state index contributed by atoms with van der Waals surface area (Å²) in [4.78, 5) is 12.9. The number of nitrogens with two attached hydrogens (primary N) is 1. The van der Waals surface area contributed by atoms with Crippen molar-refractivity contribution in [3.63, 3.8) is 0 Å².